The molecule has 0 aliphatic carbocycles. The van der Waals surface area contributed by atoms with Crippen molar-refractivity contribution in [3.63, 3.8) is 0 Å². The second-order valence-corrected chi connectivity index (χ2v) is 3.47. The monoisotopic (exact) mass is 176 g/mol. The fourth-order valence-corrected chi connectivity index (χ4v) is 1.52. The molecule has 2 rings (SSSR count). The molecular formula is C10H12N2O. The Morgan fingerprint density at radius 1 is 1.54 bits per heavy atom. The van der Waals surface area contributed by atoms with Crippen molar-refractivity contribution < 1.29 is 0 Å². The van der Waals surface area contributed by atoms with Gasteiger partial charge in [-0.25, -0.2) is 0 Å². The van der Waals surface area contributed by atoms with Crippen LogP contribution >= 0.6 is 0 Å². The van der Waals surface area contributed by atoms with Crippen molar-refractivity contribution in [3.8, 4) is 0 Å². The van der Waals surface area contributed by atoms with Crippen molar-refractivity contribution in [2.75, 3.05) is 6.54 Å². The normalized spacial score (nSPS) is 13.8. The number of aromatic nitrogens is 1. The lowest BCUT2D eigenvalue weighted by molar-refractivity contribution is 0.573. The molecule has 1 aromatic rings. The maximum absolute atomic E-state index is 11.8. The van der Waals surface area contributed by atoms with Crippen molar-refractivity contribution in [1.29, 1.82) is 0 Å². The summed E-state index contributed by atoms with van der Waals surface area (Å²) in [6, 6.07) is 2.15. The van der Waals surface area contributed by atoms with Crippen LogP contribution < -0.4 is 16.1 Å². The molecule has 0 unspecified atom stereocenters. The Hall–Kier alpha value is -1.38. The zero-order valence-electron chi connectivity index (χ0n) is 7.82. The predicted molar refractivity (Wildman–Crippen MR) is 51.2 cm³/mol. The van der Waals surface area contributed by atoms with Crippen LogP contribution in [0.3, 0.4) is 0 Å². The van der Waals surface area contributed by atoms with E-state index in [2.05, 4.69) is 4.99 Å². The summed E-state index contributed by atoms with van der Waals surface area (Å²) in [6.45, 7) is 4.63. The van der Waals surface area contributed by atoms with Crippen LogP contribution in [0.2, 0.25) is 0 Å². The van der Waals surface area contributed by atoms with Crippen LogP contribution in [-0.2, 0) is 0 Å². The molecule has 13 heavy (non-hydrogen) atoms. The minimum Gasteiger partial charge on any atom is -0.311 e. The summed E-state index contributed by atoms with van der Waals surface area (Å²) < 4.78 is 1.71. The van der Waals surface area contributed by atoms with Gasteiger partial charge in [0.2, 0.25) is 0 Å². The maximum atomic E-state index is 11.8. The molecule has 68 valence electrons. The van der Waals surface area contributed by atoms with Gasteiger partial charge in [-0.3, -0.25) is 9.79 Å². The van der Waals surface area contributed by atoms with E-state index in [4.69, 9.17) is 0 Å². The van der Waals surface area contributed by atoms with Crippen LogP contribution in [-0.4, -0.2) is 11.1 Å². The minimum atomic E-state index is 0.0289. The van der Waals surface area contributed by atoms with Gasteiger partial charge >= 0.3 is 0 Å². The summed E-state index contributed by atoms with van der Waals surface area (Å²) in [5.74, 6) is 0. The van der Waals surface area contributed by atoms with Gasteiger partial charge in [0.05, 0.1) is 6.54 Å². The summed E-state index contributed by atoms with van der Waals surface area (Å²) in [4.78, 5) is 15.9. The molecule has 0 saturated carbocycles. The molecule has 3 nitrogen and oxygen atoms in total. The molecule has 0 spiro atoms. The standard InChI is InChI=1S/C10H12N2O/c1-7(2)12-6-4-8-3-5-11-9(8)10(12)13/h3-4,6-7H,5H2,1-2H3. The average Bonchev–Trinajstić information content (AvgIpc) is 2.52. The first-order chi connectivity index (χ1) is 6.20. The van der Waals surface area contributed by atoms with Gasteiger partial charge in [0.15, 0.2) is 0 Å². The first-order valence-electron chi connectivity index (χ1n) is 4.46. The lowest BCUT2D eigenvalue weighted by Gasteiger charge is -2.07. The molecule has 2 heterocycles. The molecule has 0 radical (unpaired) electrons. The van der Waals surface area contributed by atoms with Gasteiger partial charge in [-0.1, -0.05) is 6.08 Å². The third kappa shape index (κ3) is 1.20. The quantitative estimate of drug-likeness (QED) is 0.585. The van der Waals surface area contributed by atoms with Gasteiger partial charge in [0.25, 0.3) is 5.56 Å². The highest BCUT2D eigenvalue weighted by atomic mass is 16.1. The Labute approximate surface area is 76.0 Å². The summed E-state index contributed by atoms with van der Waals surface area (Å²) in [7, 11) is 0. The number of nitrogens with zero attached hydrogens (tertiary/aromatic N) is 2. The van der Waals surface area contributed by atoms with E-state index in [1.807, 2.05) is 32.2 Å². The predicted octanol–water partition coefficient (Wildman–Crippen LogP) is -0.157. The summed E-state index contributed by atoms with van der Waals surface area (Å²) in [5.41, 5.74) is 0.0289. The van der Waals surface area contributed by atoms with Gasteiger partial charge in [-0.15, -0.1) is 0 Å². The van der Waals surface area contributed by atoms with Crippen LogP contribution in [0, 0.1) is 0 Å². The lowest BCUT2D eigenvalue weighted by Crippen LogP contribution is -2.43. The van der Waals surface area contributed by atoms with Crippen molar-refractivity contribution in [3.05, 3.63) is 33.2 Å². The fourth-order valence-electron chi connectivity index (χ4n) is 1.52. The van der Waals surface area contributed by atoms with Crippen molar-refractivity contribution in [2.45, 2.75) is 19.9 Å². The molecule has 0 atom stereocenters. The number of fused-ring (bicyclic) bond motifs is 1. The summed E-state index contributed by atoms with van der Waals surface area (Å²) in [5, 5.41) is 1.60. The zero-order valence-corrected chi connectivity index (χ0v) is 7.82. The first-order valence-corrected chi connectivity index (χ1v) is 4.46. The maximum Gasteiger partial charge on any atom is 0.276 e. The van der Waals surface area contributed by atoms with E-state index in [0.717, 1.165) is 5.22 Å². The van der Waals surface area contributed by atoms with Crippen LogP contribution in [0.25, 0.3) is 6.08 Å². The molecule has 0 aromatic carbocycles. The molecule has 0 bridgehead atoms. The highest BCUT2D eigenvalue weighted by Crippen LogP contribution is 1.95. The van der Waals surface area contributed by atoms with E-state index in [9.17, 15) is 4.79 Å². The third-order valence-electron chi connectivity index (χ3n) is 2.24. The first kappa shape index (κ1) is 8.23. The molecule has 0 N–H and O–H groups in total. The van der Waals surface area contributed by atoms with E-state index in [-0.39, 0.29) is 11.6 Å². The number of pyridine rings is 1. The highest BCUT2D eigenvalue weighted by molar-refractivity contribution is 5.27. The van der Waals surface area contributed by atoms with Crippen LogP contribution in [0.4, 0.5) is 0 Å². The van der Waals surface area contributed by atoms with Crippen molar-refractivity contribution in [1.82, 2.24) is 4.57 Å². The van der Waals surface area contributed by atoms with Crippen molar-refractivity contribution in [2.24, 2.45) is 4.99 Å². The molecule has 0 fully saturated rings. The Morgan fingerprint density at radius 2 is 2.31 bits per heavy atom. The Morgan fingerprint density at radius 3 is 3.00 bits per heavy atom. The Balaban J connectivity index is 2.83. The van der Waals surface area contributed by atoms with Crippen LogP contribution in [0.5, 0.6) is 0 Å². The van der Waals surface area contributed by atoms with Gasteiger partial charge in [-0.05, 0) is 19.9 Å². The fraction of sp³-hybridized carbons (Fsp3) is 0.400. The number of rotatable bonds is 1. The van der Waals surface area contributed by atoms with Gasteiger partial charge in [0, 0.05) is 17.5 Å². The summed E-state index contributed by atoms with van der Waals surface area (Å²) >= 11 is 0. The highest BCUT2D eigenvalue weighted by Gasteiger charge is 2.04. The molecule has 0 amide bonds. The molecule has 3 heteroatoms. The van der Waals surface area contributed by atoms with Gasteiger partial charge in [0.1, 0.15) is 5.36 Å². The smallest absolute Gasteiger partial charge is 0.276 e. The van der Waals surface area contributed by atoms with E-state index in [0.29, 0.717) is 11.9 Å². The van der Waals surface area contributed by atoms with Gasteiger partial charge in [-0.2, -0.15) is 0 Å². The Bertz CT molecular complexity index is 497. The molecular weight excluding hydrogens is 164 g/mol. The average molecular weight is 176 g/mol. The lowest BCUT2D eigenvalue weighted by atomic mass is 10.3. The zero-order chi connectivity index (χ0) is 9.42. The van der Waals surface area contributed by atoms with E-state index < -0.39 is 0 Å². The molecule has 1 aliphatic rings. The van der Waals surface area contributed by atoms with Gasteiger partial charge < -0.3 is 4.57 Å². The largest absolute Gasteiger partial charge is 0.311 e. The summed E-state index contributed by atoms with van der Waals surface area (Å²) in [6.07, 6.45) is 3.81. The van der Waals surface area contributed by atoms with Crippen LogP contribution in [0.15, 0.2) is 22.1 Å². The molecule has 0 saturated heterocycles. The second-order valence-electron chi connectivity index (χ2n) is 3.47. The topological polar surface area (TPSA) is 34.4 Å². The number of hydrogen-bond donors (Lipinski definition) is 0. The van der Waals surface area contributed by atoms with E-state index in [1.165, 1.54) is 0 Å². The minimum absolute atomic E-state index is 0.0289. The third-order valence-corrected chi connectivity index (χ3v) is 2.24. The van der Waals surface area contributed by atoms with Crippen LogP contribution in [0.1, 0.15) is 19.9 Å². The number of hydrogen-bond acceptors (Lipinski definition) is 2. The molecule has 1 aliphatic heterocycles. The Kier molecular flexibility index (Phi) is 1.79. The second kappa shape index (κ2) is 2.83. The van der Waals surface area contributed by atoms with E-state index in [1.54, 1.807) is 4.57 Å². The molecule has 1 aromatic heterocycles. The SMILES string of the molecule is CC(C)n1ccc2c(c1=O)=NCC=2. The van der Waals surface area contributed by atoms with Crippen molar-refractivity contribution >= 4 is 6.08 Å². The van der Waals surface area contributed by atoms with E-state index >= 15 is 0 Å².